The van der Waals surface area contributed by atoms with Gasteiger partial charge < -0.3 is 91.0 Å². The predicted octanol–water partition coefficient (Wildman–Crippen LogP) is -6.33. The van der Waals surface area contributed by atoms with Crippen molar-refractivity contribution in [1.29, 1.82) is 0 Å². The molecule has 0 aliphatic heterocycles. The Hall–Kier alpha value is -7.60. The van der Waals surface area contributed by atoms with Crippen LogP contribution in [-0.4, -0.2) is 178 Å². The van der Waals surface area contributed by atoms with E-state index in [0.717, 1.165) is 0 Å². The van der Waals surface area contributed by atoms with Crippen molar-refractivity contribution in [1.82, 2.24) is 42.5 Å². The van der Waals surface area contributed by atoms with Gasteiger partial charge in [-0.15, -0.1) is 0 Å². The third-order valence-electron chi connectivity index (χ3n) is 10.7. The van der Waals surface area contributed by atoms with Gasteiger partial charge in [-0.2, -0.15) is 12.6 Å². The van der Waals surface area contributed by atoms with Crippen LogP contribution in [0.5, 0.6) is 5.75 Å². The van der Waals surface area contributed by atoms with Crippen molar-refractivity contribution in [3.05, 3.63) is 65.7 Å². The minimum Gasteiger partial charge on any atom is -0.508 e. The number of carbonyl (C=O) groups excluding carboxylic acids is 8. The highest BCUT2D eigenvalue weighted by atomic mass is 32.1. The van der Waals surface area contributed by atoms with Crippen LogP contribution >= 0.6 is 12.6 Å². The number of nitrogens with two attached hydrogens (primary N) is 4. The number of carbonyl (C=O) groups is 10. The molecule has 0 saturated carbocycles. The lowest BCUT2D eigenvalue weighted by Gasteiger charge is -2.27. The van der Waals surface area contributed by atoms with Gasteiger partial charge >= 0.3 is 11.9 Å². The van der Waals surface area contributed by atoms with E-state index in [1.165, 1.54) is 24.3 Å². The van der Waals surface area contributed by atoms with Crippen LogP contribution in [0, 0.1) is 0 Å². The first-order valence-electron chi connectivity index (χ1n) is 23.1. The van der Waals surface area contributed by atoms with E-state index in [9.17, 15) is 68.4 Å². The number of guanidine groups is 1. The van der Waals surface area contributed by atoms with Crippen LogP contribution in [0.15, 0.2) is 59.6 Å². The lowest BCUT2D eigenvalue weighted by molar-refractivity contribution is -0.142. The number of aliphatic carboxylic acids is 2. The zero-order valence-electron chi connectivity index (χ0n) is 40.2. The fourth-order valence-electron chi connectivity index (χ4n) is 6.70. The Kier molecular flexibility index (Phi) is 28.0. The molecule has 29 heteroatoms. The van der Waals surface area contributed by atoms with E-state index < -0.39 is 139 Å². The molecule has 0 aromatic heterocycles. The second kappa shape index (κ2) is 33.2. The molecule has 2 aromatic carbocycles. The Balaban J connectivity index is 2.39. The number of carboxylic acid groups (broad SMARTS) is 2. The van der Waals surface area contributed by atoms with Crippen LogP contribution in [0.25, 0.3) is 0 Å². The average molecular weight is 1060 g/mol. The van der Waals surface area contributed by atoms with Gasteiger partial charge in [-0.3, -0.25) is 48.1 Å². The number of hydrogen-bond acceptors (Lipinski definition) is 17. The number of phenolic OH excluding ortho intramolecular Hbond substituents is 1. The summed E-state index contributed by atoms with van der Waals surface area (Å²) in [6.07, 6.45) is -0.555. The summed E-state index contributed by atoms with van der Waals surface area (Å²) in [7, 11) is 0. The molecular formula is C45H67N13O15S. The van der Waals surface area contributed by atoms with Gasteiger partial charge in [-0.1, -0.05) is 42.5 Å². The van der Waals surface area contributed by atoms with E-state index in [4.69, 9.17) is 28.0 Å². The number of nitrogens with one attached hydrogen (secondary N) is 8. The maximum absolute atomic E-state index is 14.4. The fraction of sp³-hybridized carbons (Fsp3) is 0.489. The number of unbranched alkanes of at least 4 members (excludes halogenated alkanes) is 1. The summed E-state index contributed by atoms with van der Waals surface area (Å²) >= 11 is 4.18. The standard InChI is InChI=1S/C45H67N13O15S/c46-15-5-4-9-28(53-41(69)32(21-59)52-35(62)20-51-37(65)27(47)19-36(63)64)38(66)55-30(17-24-7-2-1-3-8-24)39(67)56-31(18-25-11-13-26(61)14-12-25)40(68)58-34(23-74)43(71)57-33(22-60)42(70)54-29(44(72)73)10-6-16-50-45(48)49/h1-3,7-8,11-14,27-34,59-61,74H,4-6,9-10,15-23,46-47H2,(H,51,65)(H,52,62)(H,53,69)(H,54,70)(H,55,66)(H,56,67)(H,57,71)(H,58,68)(H,63,64)(H,72,73)(H4,48,49,50)/t27-,28-,29-,30-,31-,32-,33-,34-/m0/s1. The molecule has 8 atom stereocenters. The van der Waals surface area contributed by atoms with E-state index >= 15 is 0 Å². The molecule has 0 heterocycles. The van der Waals surface area contributed by atoms with Gasteiger partial charge in [0.2, 0.25) is 47.3 Å². The quantitative estimate of drug-likeness (QED) is 0.0134. The molecule has 0 saturated heterocycles. The third kappa shape index (κ3) is 23.3. The first kappa shape index (κ1) is 62.5. The van der Waals surface area contributed by atoms with Crippen LogP contribution in [0.2, 0.25) is 0 Å². The number of hydrogen-bond donors (Lipinski definition) is 18. The van der Waals surface area contributed by atoms with Gasteiger partial charge in [0.1, 0.15) is 48.0 Å². The zero-order chi connectivity index (χ0) is 55.3. The molecule has 2 rings (SSSR count). The summed E-state index contributed by atoms with van der Waals surface area (Å²) in [4.78, 5) is 134. The molecule has 0 fully saturated rings. The van der Waals surface area contributed by atoms with E-state index in [1.807, 2.05) is 0 Å². The summed E-state index contributed by atoms with van der Waals surface area (Å²) in [6.45, 7) is -2.48. The first-order chi connectivity index (χ1) is 35.1. The number of rotatable bonds is 34. The molecule has 408 valence electrons. The predicted molar refractivity (Wildman–Crippen MR) is 267 cm³/mol. The van der Waals surface area contributed by atoms with Crippen LogP contribution in [0.1, 0.15) is 49.7 Å². The van der Waals surface area contributed by atoms with Crippen LogP contribution < -0.4 is 65.5 Å². The highest BCUT2D eigenvalue weighted by Crippen LogP contribution is 2.13. The topological polar surface area (TPSA) is 485 Å². The molecule has 0 aliphatic rings. The van der Waals surface area contributed by atoms with Crippen LogP contribution in [0.3, 0.4) is 0 Å². The lowest BCUT2D eigenvalue weighted by Crippen LogP contribution is -2.61. The van der Waals surface area contributed by atoms with Gasteiger partial charge in [0.25, 0.3) is 0 Å². The first-order valence-corrected chi connectivity index (χ1v) is 23.7. The van der Waals surface area contributed by atoms with Crippen LogP contribution in [0.4, 0.5) is 0 Å². The smallest absolute Gasteiger partial charge is 0.326 e. The van der Waals surface area contributed by atoms with E-state index in [0.29, 0.717) is 17.5 Å². The second-order valence-electron chi connectivity index (χ2n) is 16.6. The van der Waals surface area contributed by atoms with Crippen molar-refractivity contribution >= 4 is 77.8 Å². The number of aliphatic hydroxyl groups is 2. The Bertz CT molecular complexity index is 2240. The number of amides is 8. The number of aromatic hydroxyl groups is 1. The van der Waals surface area contributed by atoms with Gasteiger partial charge in [-0.05, 0) is 61.9 Å². The molecule has 74 heavy (non-hydrogen) atoms. The summed E-state index contributed by atoms with van der Waals surface area (Å²) in [5.74, 6) is -11.5. The zero-order valence-corrected chi connectivity index (χ0v) is 41.1. The molecule has 0 aliphatic carbocycles. The van der Waals surface area contributed by atoms with Crippen molar-refractivity contribution < 1.29 is 73.5 Å². The number of phenols is 1. The molecule has 2 aromatic rings. The Labute approximate surface area is 430 Å². The van der Waals surface area contributed by atoms with Crippen molar-refractivity contribution in [3.8, 4) is 5.75 Å². The average Bonchev–Trinajstić information content (AvgIpc) is 3.36. The van der Waals surface area contributed by atoms with E-state index in [-0.39, 0.29) is 63.3 Å². The minimum atomic E-state index is -1.70. The third-order valence-corrected chi connectivity index (χ3v) is 11.0. The van der Waals surface area contributed by atoms with E-state index in [1.54, 1.807) is 30.3 Å². The molecule has 0 bridgehead atoms. The number of carboxylic acids is 2. The van der Waals surface area contributed by atoms with Crippen molar-refractivity contribution in [3.63, 3.8) is 0 Å². The van der Waals surface area contributed by atoms with E-state index in [2.05, 4.69) is 60.2 Å². The maximum atomic E-state index is 14.4. The SMILES string of the molecule is NCCCC[C@H](NC(=O)[C@H](CO)NC(=O)CNC(=O)[C@@H](N)CC(=O)O)C(=O)N[C@@H](Cc1ccccc1)C(=O)N[C@@H](Cc1ccc(O)cc1)C(=O)N[C@@H](CS)C(=O)N[C@@H](CO)C(=O)N[C@@H](CCCN=C(N)N)C(=O)O. The van der Waals surface area contributed by atoms with Crippen molar-refractivity contribution in [2.45, 2.75) is 99.7 Å². The molecule has 28 nitrogen and oxygen atoms in total. The minimum absolute atomic E-state index is 0.0544. The lowest BCUT2D eigenvalue weighted by atomic mass is 10.0. The Morgan fingerprint density at radius 2 is 1.03 bits per heavy atom. The van der Waals surface area contributed by atoms with Crippen molar-refractivity contribution in [2.75, 3.05) is 38.6 Å². The molecule has 0 spiro atoms. The molecule has 0 unspecified atom stereocenters. The summed E-state index contributed by atoms with van der Waals surface area (Å²) in [6, 6.07) is 1.59. The van der Waals surface area contributed by atoms with Gasteiger partial charge in [0, 0.05) is 25.1 Å². The van der Waals surface area contributed by atoms with Gasteiger partial charge in [0.05, 0.1) is 32.2 Å². The monoisotopic (exact) mass is 1060 g/mol. The molecule has 21 N–H and O–H groups in total. The highest BCUT2D eigenvalue weighted by molar-refractivity contribution is 7.80. The molecule has 8 amide bonds. The number of nitrogens with zero attached hydrogens (tertiary/aromatic N) is 1. The summed E-state index contributed by atoms with van der Waals surface area (Å²) < 4.78 is 0. The number of aliphatic hydroxyl groups excluding tert-OH is 2. The number of thiol groups is 1. The summed E-state index contributed by atoms with van der Waals surface area (Å²) in [5.41, 5.74) is 22.7. The normalized spacial score (nSPS) is 14.1. The summed E-state index contributed by atoms with van der Waals surface area (Å²) in [5, 5.41) is 67.4. The maximum Gasteiger partial charge on any atom is 0.326 e. The number of benzene rings is 2. The molecule has 0 radical (unpaired) electrons. The van der Waals surface area contributed by atoms with Gasteiger partial charge in [-0.25, -0.2) is 4.79 Å². The largest absolute Gasteiger partial charge is 0.508 e. The molecular weight excluding hydrogens is 995 g/mol. The Morgan fingerprint density at radius 3 is 1.54 bits per heavy atom. The Morgan fingerprint density at radius 1 is 0.568 bits per heavy atom. The second-order valence-corrected chi connectivity index (χ2v) is 17.0. The fourth-order valence-corrected chi connectivity index (χ4v) is 6.96. The van der Waals surface area contributed by atoms with Crippen LogP contribution in [-0.2, 0) is 60.8 Å². The van der Waals surface area contributed by atoms with Crippen molar-refractivity contribution in [2.24, 2.45) is 27.9 Å². The number of aliphatic imine (C=N–C) groups is 1. The van der Waals surface area contributed by atoms with Gasteiger partial charge in [0.15, 0.2) is 5.96 Å². The highest BCUT2D eigenvalue weighted by Gasteiger charge is 2.34.